The molecular formula is C17H14N6OS2. The van der Waals surface area contributed by atoms with Gasteiger partial charge in [-0.15, -0.1) is 22.0 Å². The summed E-state index contributed by atoms with van der Waals surface area (Å²) in [5.74, 6) is 0.369. The molecule has 4 aromatic rings. The van der Waals surface area contributed by atoms with Crippen molar-refractivity contribution < 1.29 is 4.79 Å². The molecule has 4 heterocycles. The maximum atomic E-state index is 12.5. The molecule has 7 nitrogen and oxygen atoms in total. The monoisotopic (exact) mass is 382 g/mol. The van der Waals surface area contributed by atoms with E-state index < -0.39 is 0 Å². The van der Waals surface area contributed by atoms with Crippen molar-refractivity contribution in [3.8, 4) is 11.3 Å². The zero-order valence-corrected chi connectivity index (χ0v) is 15.4. The van der Waals surface area contributed by atoms with Gasteiger partial charge in [0.1, 0.15) is 5.03 Å². The first-order valence-electron chi connectivity index (χ1n) is 7.77. The first kappa shape index (κ1) is 16.7. The van der Waals surface area contributed by atoms with Crippen LogP contribution in [0.5, 0.6) is 0 Å². The van der Waals surface area contributed by atoms with Crippen molar-refractivity contribution in [1.29, 1.82) is 0 Å². The van der Waals surface area contributed by atoms with E-state index in [2.05, 4.69) is 25.6 Å². The number of rotatable bonds is 5. The van der Waals surface area contributed by atoms with Gasteiger partial charge in [-0.05, 0) is 42.0 Å². The van der Waals surface area contributed by atoms with E-state index in [1.165, 1.54) is 11.8 Å². The Morgan fingerprint density at radius 1 is 1.27 bits per heavy atom. The third-order valence-electron chi connectivity index (χ3n) is 3.76. The minimum absolute atomic E-state index is 0.201. The molecule has 0 bridgehead atoms. The smallest absolute Gasteiger partial charge is 0.254 e. The van der Waals surface area contributed by atoms with Crippen molar-refractivity contribution in [2.45, 2.75) is 11.6 Å². The zero-order valence-electron chi connectivity index (χ0n) is 13.8. The number of carbonyl (C=O) groups excluding carboxylic acids is 1. The molecule has 0 aliphatic heterocycles. The summed E-state index contributed by atoms with van der Waals surface area (Å²) in [5.41, 5.74) is 3.06. The van der Waals surface area contributed by atoms with Crippen molar-refractivity contribution in [2.75, 3.05) is 6.26 Å². The van der Waals surface area contributed by atoms with Gasteiger partial charge in [0.25, 0.3) is 5.91 Å². The molecule has 0 saturated heterocycles. The molecule has 0 aliphatic carbocycles. The van der Waals surface area contributed by atoms with Gasteiger partial charge in [-0.1, -0.05) is 0 Å². The normalized spacial score (nSPS) is 11.0. The molecule has 26 heavy (non-hydrogen) atoms. The molecule has 130 valence electrons. The number of fused-ring (bicyclic) bond motifs is 1. The number of thioether (sulfide) groups is 1. The second kappa shape index (κ2) is 7.22. The van der Waals surface area contributed by atoms with Crippen molar-refractivity contribution >= 4 is 34.7 Å². The van der Waals surface area contributed by atoms with Crippen LogP contribution in [0.3, 0.4) is 0 Å². The number of hydrogen-bond donors (Lipinski definition) is 1. The average Bonchev–Trinajstić information content (AvgIpc) is 3.35. The van der Waals surface area contributed by atoms with Crippen LogP contribution in [0.15, 0.2) is 52.3 Å². The first-order chi connectivity index (χ1) is 12.8. The number of hydrogen-bond acceptors (Lipinski definition) is 7. The third kappa shape index (κ3) is 3.18. The summed E-state index contributed by atoms with van der Waals surface area (Å²) < 4.78 is 1.66. The van der Waals surface area contributed by atoms with Crippen LogP contribution in [0.4, 0.5) is 0 Å². The molecule has 1 N–H and O–H groups in total. The van der Waals surface area contributed by atoms with Crippen LogP contribution in [0.1, 0.15) is 16.2 Å². The van der Waals surface area contributed by atoms with E-state index in [-0.39, 0.29) is 12.5 Å². The molecule has 0 radical (unpaired) electrons. The maximum absolute atomic E-state index is 12.5. The standard InChI is InChI=1S/C17H14N6OS2/c1-25-17-12(3-2-7-18-17)16(24)19-9-15-21-20-14-5-4-13(22-23(14)15)11-6-8-26-10-11/h2-8,10H,9H2,1H3,(H,19,24). The van der Waals surface area contributed by atoms with Gasteiger partial charge in [0.15, 0.2) is 11.5 Å². The van der Waals surface area contributed by atoms with Crippen molar-refractivity contribution in [3.05, 3.63) is 58.7 Å². The summed E-state index contributed by atoms with van der Waals surface area (Å²) >= 11 is 3.05. The van der Waals surface area contributed by atoms with Crippen molar-refractivity contribution in [3.63, 3.8) is 0 Å². The number of aromatic nitrogens is 5. The topological polar surface area (TPSA) is 85.1 Å². The fourth-order valence-corrected chi connectivity index (χ4v) is 3.69. The van der Waals surface area contributed by atoms with E-state index in [0.29, 0.717) is 22.1 Å². The molecule has 0 aliphatic rings. The summed E-state index contributed by atoms with van der Waals surface area (Å²) in [7, 11) is 0. The lowest BCUT2D eigenvalue weighted by Crippen LogP contribution is -2.25. The SMILES string of the molecule is CSc1ncccc1C(=O)NCc1nnc2ccc(-c3ccsc3)nn12. The van der Waals surface area contributed by atoms with E-state index in [4.69, 9.17) is 0 Å². The Morgan fingerprint density at radius 2 is 2.19 bits per heavy atom. The van der Waals surface area contributed by atoms with Gasteiger partial charge in [-0.2, -0.15) is 21.0 Å². The van der Waals surface area contributed by atoms with E-state index in [9.17, 15) is 4.79 Å². The number of amides is 1. The highest BCUT2D eigenvalue weighted by Gasteiger charge is 2.14. The van der Waals surface area contributed by atoms with Crippen LogP contribution >= 0.6 is 23.1 Å². The van der Waals surface area contributed by atoms with Crippen molar-refractivity contribution in [2.24, 2.45) is 0 Å². The number of nitrogens with zero attached hydrogens (tertiary/aromatic N) is 5. The molecule has 4 rings (SSSR count). The predicted molar refractivity (Wildman–Crippen MR) is 101 cm³/mol. The number of carbonyl (C=O) groups is 1. The van der Waals surface area contributed by atoms with E-state index >= 15 is 0 Å². The Kier molecular flexibility index (Phi) is 4.63. The summed E-state index contributed by atoms with van der Waals surface area (Å²) in [6, 6.07) is 9.29. The largest absolute Gasteiger partial charge is 0.345 e. The third-order valence-corrected chi connectivity index (χ3v) is 5.16. The number of pyridine rings is 1. The van der Waals surface area contributed by atoms with Crippen LogP contribution in [-0.4, -0.2) is 37.0 Å². The zero-order chi connectivity index (χ0) is 17.9. The van der Waals surface area contributed by atoms with Crippen LogP contribution in [0, 0.1) is 0 Å². The molecule has 0 unspecified atom stereocenters. The van der Waals surface area contributed by atoms with Gasteiger partial charge in [0.05, 0.1) is 17.8 Å². The lowest BCUT2D eigenvalue weighted by Gasteiger charge is -2.07. The highest BCUT2D eigenvalue weighted by atomic mass is 32.2. The molecule has 0 atom stereocenters. The molecule has 1 amide bonds. The Bertz CT molecular complexity index is 1060. The molecule has 0 aromatic carbocycles. The average molecular weight is 382 g/mol. The number of nitrogens with one attached hydrogen (secondary N) is 1. The minimum Gasteiger partial charge on any atom is -0.345 e. The van der Waals surface area contributed by atoms with E-state index in [1.807, 2.05) is 35.2 Å². The number of thiophene rings is 1. The van der Waals surface area contributed by atoms with E-state index in [0.717, 1.165) is 11.3 Å². The predicted octanol–water partition coefficient (Wildman–Crippen LogP) is 2.90. The lowest BCUT2D eigenvalue weighted by molar-refractivity contribution is 0.0946. The highest BCUT2D eigenvalue weighted by Crippen LogP contribution is 2.20. The van der Waals surface area contributed by atoms with Crippen molar-refractivity contribution in [1.82, 2.24) is 30.1 Å². The van der Waals surface area contributed by atoms with Gasteiger partial charge in [0, 0.05) is 17.1 Å². The Balaban J connectivity index is 1.57. The summed E-state index contributed by atoms with van der Waals surface area (Å²) in [6.07, 6.45) is 3.56. The van der Waals surface area contributed by atoms with Crippen LogP contribution in [-0.2, 0) is 6.54 Å². The van der Waals surface area contributed by atoms with Gasteiger partial charge in [0.2, 0.25) is 0 Å². The quantitative estimate of drug-likeness (QED) is 0.534. The minimum atomic E-state index is -0.201. The second-order valence-electron chi connectivity index (χ2n) is 5.36. The molecule has 0 saturated carbocycles. The summed E-state index contributed by atoms with van der Waals surface area (Å²) in [4.78, 5) is 16.7. The van der Waals surface area contributed by atoms with Crippen LogP contribution in [0.2, 0.25) is 0 Å². The summed E-state index contributed by atoms with van der Waals surface area (Å²) in [5, 5.41) is 20.4. The Labute approximate surface area is 157 Å². The maximum Gasteiger partial charge on any atom is 0.254 e. The van der Waals surface area contributed by atoms with Crippen LogP contribution < -0.4 is 5.32 Å². The first-order valence-corrected chi connectivity index (χ1v) is 9.94. The molecule has 0 fully saturated rings. The Hall–Kier alpha value is -2.78. The van der Waals surface area contributed by atoms with Gasteiger partial charge in [-0.25, -0.2) is 4.98 Å². The van der Waals surface area contributed by atoms with Gasteiger partial charge in [-0.3, -0.25) is 4.79 Å². The van der Waals surface area contributed by atoms with Crippen LogP contribution in [0.25, 0.3) is 16.9 Å². The molecule has 4 aromatic heterocycles. The fourth-order valence-electron chi connectivity index (χ4n) is 2.49. The Morgan fingerprint density at radius 3 is 3.00 bits per heavy atom. The van der Waals surface area contributed by atoms with E-state index in [1.54, 1.807) is 34.2 Å². The highest BCUT2D eigenvalue weighted by molar-refractivity contribution is 7.98. The molecule has 0 spiro atoms. The fraction of sp³-hybridized carbons (Fsp3) is 0.118. The second-order valence-corrected chi connectivity index (χ2v) is 6.93. The van der Waals surface area contributed by atoms with Gasteiger partial charge < -0.3 is 5.32 Å². The molecular weight excluding hydrogens is 368 g/mol. The van der Waals surface area contributed by atoms with Gasteiger partial charge >= 0.3 is 0 Å². The lowest BCUT2D eigenvalue weighted by atomic mass is 10.2. The molecule has 9 heteroatoms. The summed E-state index contributed by atoms with van der Waals surface area (Å²) in [6.45, 7) is 0.225.